The highest BCUT2D eigenvalue weighted by Crippen LogP contribution is 2.31. The number of likely N-dealkylation sites (N-methyl/N-ethyl adjacent to an activating group) is 1. The predicted molar refractivity (Wildman–Crippen MR) is 93.9 cm³/mol. The van der Waals surface area contributed by atoms with Crippen molar-refractivity contribution in [1.82, 2.24) is 24.7 Å². The summed E-state index contributed by atoms with van der Waals surface area (Å²) in [4.78, 5) is 39.1. The third kappa shape index (κ3) is 3.98. The van der Waals surface area contributed by atoms with Gasteiger partial charge < -0.3 is 9.80 Å². The molecule has 1 aromatic rings. The molecule has 3 rings (SSSR count). The molecule has 0 aromatic carbocycles. The molecule has 2 aliphatic heterocycles. The molecule has 2 atom stereocenters. The van der Waals surface area contributed by atoms with Crippen LogP contribution in [0, 0.1) is 11.8 Å². The Kier molecular flexibility index (Phi) is 5.32. The Morgan fingerprint density at radius 3 is 2.60 bits per heavy atom. The van der Waals surface area contributed by atoms with Crippen molar-refractivity contribution in [3.05, 3.63) is 24.3 Å². The van der Waals surface area contributed by atoms with Crippen molar-refractivity contribution in [2.45, 2.75) is 26.3 Å². The van der Waals surface area contributed by atoms with Gasteiger partial charge in [0.15, 0.2) is 0 Å². The van der Waals surface area contributed by atoms with E-state index in [4.69, 9.17) is 0 Å². The first-order valence-corrected chi connectivity index (χ1v) is 8.99. The fourth-order valence-corrected chi connectivity index (χ4v) is 3.62. The van der Waals surface area contributed by atoms with Gasteiger partial charge in [-0.3, -0.25) is 19.5 Å². The third-order valence-electron chi connectivity index (χ3n) is 5.49. The second kappa shape index (κ2) is 7.47. The normalized spacial score (nSPS) is 23.2. The average molecular weight is 345 g/mol. The minimum Gasteiger partial charge on any atom is -0.341 e. The Morgan fingerprint density at radius 2 is 1.92 bits per heavy atom. The van der Waals surface area contributed by atoms with Crippen molar-refractivity contribution < 1.29 is 9.59 Å². The number of likely N-dealkylation sites (tertiary alicyclic amines) is 2. The number of amides is 2. The highest BCUT2D eigenvalue weighted by atomic mass is 16.2. The van der Waals surface area contributed by atoms with Crippen LogP contribution in [-0.2, 0) is 4.79 Å². The lowest BCUT2D eigenvalue weighted by molar-refractivity contribution is -0.131. The zero-order chi connectivity index (χ0) is 18.0. The van der Waals surface area contributed by atoms with Crippen molar-refractivity contribution in [3.63, 3.8) is 0 Å². The molecule has 2 aliphatic rings. The maximum atomic E-state index is 12.6. The van der Waals surface area contributed by atoms with Gasteiger partial charge in [-0.25, -0.2) is 4.98 Å². The molecular weight excluding hydrogens is 318 g/mol. The molecular formula is C18H27N5O2. The van der Waals surface area contributed by atoms with E-state index in [1.807, 2.05) is 16.8 Å². The first-order chi connectivity index (χ1) is 12.0. The third-order valence-corrected chi connectivity index (χ3v) is 5.49. The molecule has 0 saturated carbocycles. The Labute approximate surface area is 149 Å². The highest BCUT2D eigenvalue weighted by molar-refractivity contribution is 5.92. The van der Waals surface area contributed by atoms with E-state index >= 15 is 0 Å². The van der Waals surface area contributed by atoms with Crippen molar-refractivity contribution in [3.8, 4) is 0 Å². The van der Waals surface area contributed by atoms with Gasteiger partial charge in [-0.05, 0) is 39.2 Å². The maximum absolute atomic E-state index is 12.6. The Balaban J connectivity index is 1.58. The SMILES string of the molecule is CC(C)N(C)CC(=O)N1C[C@H]2CCN(C(=O)c3cnccn3)C[C@@H]2C1. The molecule has 7 heteroatoms. The van der Waals surface area contributed by atoms with Crippen molar-refractivity contribution >= 4 is 11.8 Å². The molecule has 2 saturated heterocycles. The van der Waals surface area contributed by atoms with Crippen LogP contribution in [-0.4, -0.2) is 82.3 Å². The lowest BCUT2D eigenvalue weighted by Gasteiger charge is -2.33. The average Bonchev–Trinajstić information content (AvgIpc) is 3.05. The fraction of sp³-hybridized carbons (Fsp3) is 0.667. The summed E-state index contributed by atoms with van der Waals surface area (Å²) in [6, 6.07) is 0.355. The van der Waals surface area contributed by atoms with Crippen LogP contribution >= 0.6 is 0 Å². The minimum absolute atomic E-state index is 0.0594. The monoisotopic (exact) mass is 345 g/mol. The molecule has 1 aromatic heterocycles. The van der Waals surface area contributed by atoms with E-state index in [0.29, 0.717) is 36.7 Å². The van der Waals surface area contributed by atoms with Crippen LogP contribution in [0.25, 0.3) is 0 Å². The van der Waals surface area contributed by atoms with Crippen LogP contribution in [0.2, 0.25) is 0 Å². The Bertz CT molecular complexity index is 621. The molecule has 2 amide bonds. The molecule has 0 bridgehead atoms. The van der Waals surface area contributed by atoms with Crippen LogP contribution in [0.1, 0.15) is 30.8 Å². The quantitative estimate of drug-likeness (QED) is 0.805. The first-order valence-electron chi connectivity index (χ1n) is 8.99. The molecule has 136 valence electrons. The van der Waals surface area contributed by atoms with Crippen molar-refractivity contribution in [1.29, 1.82) is 0 Å². The molecule has 3 heterocycles. The van der Waals surface area contributed by atoms with Crippen molar-refractivity contribution in [2.24, 2.45) is 11.8 Å². The smallest absolute Gasteiger partial charge is 0.274 e. The first kappa shape index (κ1) is 17.8. The van der Waals surface area contributed by atoms with Gasteiger partial charge in [-0.15, -0.1) is 0 Å². The van der Waals surface area contributed by atoms with Gasteiger partial charge in [0, 0.05) is 44.6 Å². The Hall–Kier alpha value is -2.02. The summed E-state index contributed by atoms with van der Waals surface area (Å²) in [5.74, 6) is 0.996. The predicted octanol–water partition coefficient (Wildman–Crippen LogP) is 0.737. The number of carbonyl (C=O) groups is 2. The summed E-state index contributed by atoms with van der Waals surface area (Å²) in [7, 11) is 1.98. The number of nitrogens with zero attached hydrogens (tertiary/aromatic N) is 5. The summed E-state index contributed by atoms with van der Waals surface area (Å²) in [5, 5.41) is 0. The largest absolute Gasteiger partial charge is 0.341 e. The molecule has 2 fully saturated rings. The van der Waals surface area contributed by atoms with Gasteiger partial charge in [0.2, 0.25) is 5.91 Å². The van der Waals surface area contributed by atoms with Crippen LogP contribution in [0.15, 0.2) is 18.6 Å². The zero-order valence-corrected chi connectivity index (χ0v) is 15.3. The van der Waals surface area contributed by atoms with E-state index in [-0.39, 0.29) is 11.8 Å². The van der Waals surface area contributed by atoms with Gasteiger partial charge >= 0.3 is 0 Å². The number of carbonyl (C=O) groups excluding carboxylic acids is 2. The number of hydrogen-bond donors (Lipinski definition) is 0. The molecule has 0 aliphatic carbocycles. The second-order valence-corrected chi connectivity index (χ2v) is 7.46. The van der Waals surface area contributed by atoms with Crippen LogP contribution in [0.3, 0.4) is 0 Å². The topological polar surface area (TPSA) is 69.6 Å². The van der Waals surface area contributed by atoms with Gasteiger partial charge in [0.05, 0.1) is 12.7 Å². The Morgan fingerprint density at radius 1 is 1.20 bits per heavy atom. The van der Waals surface area contributed by atoms with Gasteiger partial charge in [-0.1, -0.05) is 0 Å². The minimum atomic E-state index is -0.0594. The van der Waals surface area contributed by atoms with E-state index in [9.17, 15) is 9.59 Å². The van der Waals surface area contributed by atoms with Gasteiger partial charge in [-0.2, -0.15) is 0 Å². The van der Waals surface area contributed by atoms with Crippen LogP contribution < -0.4 is 0 Å². The van der Waals surface area contributed by atoms with E-state index in [2.05, 4.69) is 28.7 Å². The standard InChI is InChI=1S/C18H27N5O2/c1-13(2)21(3)12-17(24)23-9-14-4-7-22(10-15(14)11-23)18(25)16-8-19-5-6-20-16/h5-6,8,13-15H,4,7,9-12H2,1-3H3/t14-,15-/m1/s1. The summed E-state index contributed by atoms with van der Waals surface area (Å²) in [5.41, 5.74) is 0.394. The summed E-state index contributed by atoms with van der Waals surface area (Å²) >= 11 is 0. The number of rotatable bonds is 4. The number of fused-ring (bicyclic) bond motifs is 1. The van der Waals surface area contributed by atoms with E-state index in [1.165, 1.54) is 6.20 Å². The molecule has 0 radical (unpaired) electrons. The number of piperidine rings is 1. The lowest BCUT2D eigenvalue weighted by Crippen LogP contribution is -2.43. The van der Waals surface area contributed by atoms with E-state index < -0.39 is 0 Å². The maximum Gasteiger partial charge on any atom is 0.274 e. The molecule has 0 spiro atoms. The summed E-state index contributed by atoms with van der Waals surface area (Å²) < 4.78 is 0. The van der Waals surface area contributed by atoms with Gasteiger partial charge in [0.1, 0.15) is 5.69 Å². The molecule has 0 unspecified atom stereocenters. The number of hydrogen-bond acceptors (Lipinski definition) is 5. The van der Waals surface area contributed by atoms with Crippen LogP contribution in [0.5, 0.6) is 0 Å². The van der Waals surface area contributed by atoms with E-state index in [1.54, 1.807) is 12.4 Å². The van der Waals surface area contributed by atoms with Crippen LogP contribution in [0.4, 0.5) is 0 Å². The van der Waals surface area contributed by atoms with E-state index in [0.717, 1.165) is 26.1 Å². The fourth-order valence-electron chi connectivity index (χ4n) is 3.62. The summed E-state index contributed by atoms with van der Waals surface area (Å²) in [6.45, 7) is 7.63. The molecule has 25 heavy (non-hydrogen) atoms. The highest BCUT2D eigenvalue weighted by Gasteiger charge is 2.40. The number of aromatic nitrogens is 2. The lowest BCUT2D eigenvalue weighted by atomic mass is 9.88. The zero-order valence-electron chi connectivity index (χ0n) is 15.3. The molecule has 7 nitrogen and oxygen atoms in total. The second-order valence-electron chi connectivity index (χ2n) is 7.46. The van der Waals surface area contributed by atoms with Crippen molar-refractivity contribution in [2.75, 3.05) is 39.8 Å². The van der Waals surface area contributed by atoms with Gasteiger partial charge in [0.25, 0.3) is 5.91 Å². The summed E-state index contributed by atoms with van der Waals surface area (Å²) in [6.07, 6.45) is 5.57. The molecule has 0 N–H and O–H groups in total.